The summed E-state index contributed by atoms with van der Waals surface area (Å²) in [6.07, 6.45) is 1.80. The van der Waals surface area contributed by atoms with Crippen LogP contribution in [0.15, 0.2) is 42.6 Å². The van der Waals surface area contributed by atoms with Crippen LogP contribution in [0.5, 0.6) is 0 Å². The minimum Gasteiger partial charge on any atom is -0.336 e. The highest BCUT2D eigenvalue weighted by atomic mass is 32.1. The summed E-state index contributed by atoms with van der Waals surface area (Å²) in [4.78, 5) is 13.4. The molecule has 0 radical (unpaired) electrons. The van der Waals surface area contributed by atoms with Crippen molar-refractivity contribution in [1.29, 1.82) is 0 Å². The lowest BCUT2D eigenvalue weighted by Crippen LogP contribution is -1.78. The fourth-order valence-electron chi connectivity index (χ4n) is 2.25. The molecule has 0 aliphatic rings. The van der Waals surface area contributed by atoms with E-state index < -0.39 is 0 Å². The lowest BCUT2D eigenvalue weighted by molar-refractivity contribution is 1.31. The Kier molecular flexibility index (Phi) is 2.19. The van der Waals surface area contributed by atoms with Crippen LogP contribution in [0.2, 0.25) is 0 Å². The average Bonchev–Trinajstić information content (AvgIpc) is 3.02. The van der Waals surface area contributed by atoms with E-state index in [-0.39, 0.29) is 0 Å². The van der Waals surface area contributed by atoms with Crippen LogP contribution in [0.4, 0.5) is 0 Å². The van der Waals surface area contributed by atoms with Gasteiger partial charge in [-0.15, -0.1) is 11.3 Å². The highest BCUT2D eigenvalue weighted by Gasteiger charge is 2.10. The zero-order valence-electron chi connectivity index (χ0n) is 10.3. The highest BCUT2D eigenvalue weighted by Crippen LogP contribution is 2.32. The zero-order chi connectivity index (χ0) is 12.8. The van der Waals surface area contributed by atoms with Gasteiger partial charge in [0.15, 0.2) is 11.5 Å². The van der Waals surface area contributed by atoms with Crippen molar-refractivity contribution in [1.82, 2.24) is 15.0 Å². The largest absolute Gasteiger partial charge is 0.336 e. The van der Waals surface area contributed by atoms with Gasteiger partial charge in [0, 0.05) is 10.9 Å². The van der Waals surface area contributed by atoms with Crippen molar-refractivity contribution in [2.75, 3.05) is 0 Å². The van der Waals surface area contributed by atoms with Crippen LogP contribution in [0, 0.1) is 6.92 Å². The molecule has 3 heterocycles. The molecule has 4 aromatic rings. The van der Waals surface area contributed by atoms with E-state index in [1.54, 1.807) is 17.5 Å². The Morgan fingerprint density at radius 3 is 2.89 bits per heavy atom. The molecular formula is C15H11N3S. The van der Waals surface area contributed by atoms with E-state index in [2.05, 4.69) is 52.2 Å². The number of benzene rings is 1. The number of aryl methyl sites for hydroxylation is 1. The molecule has 0 aliphatic heterocycles. The van der Waals surface area contributed by atoms with Crippen molar-refractivity contribution < 1.29 is 0 Å². The molecule has 0 unspecified atom stereocenters. The Morgan fingerprint density at radius 2 is 2.05 bits per heavy atom. The third kappa shape index (κ3) is 1.64. The molecule has 3 aromatic heterocycles. The number of fused-ring (bicyclic) bond motifs is 2. The van der Waals surface area contributed by atoms with E-state index in [4.69, 9.17) is 0 Å². The van der Waals surface area contributed by atoms with Crippen molar-refractivity contribution in [2.24, 2.45) is 0 Å². The van der Waals surface area contributed by atoms with Crippen molar-refractivity contribution >= 4 is 32.6 Å². The first-order valence-corrected chi connectivity index (χ1v) is 6.93. The normalized spacial score (nSPS) is 11.4. The molecule has 1 aromatic carbocycles. The maximum absolute atomic E-state index is 4.58. The van der Waals surface area contributed by atoms with Gasteiger partial charge in [0.05, 0.1) is 10.4 Å². The summed E-state index contributed by atoms with van der Waals surface area (Å²) in [6, 6.07) is 12.6. The standard InChI is InChI=1S/C15H11N3S/c1-9-6-7-16-15-13(9)17-14(18-15)12-8-10-4-2-3-5-11(10)19-12/h2-8H,1H3,(H,16,17,18). The lowest BCUT2D eigenvalue weighted by atomic mass is 10.2. The molecule has 4 heteroatoms. The maximum Gasteiger partial charge on any atom is 0.178 e. The van der Waals surface area contributed by atoms with Gasteiger partial charge in [-0.2, -0.15) is 0 Å². The fourth-order valence-corrected chi connectivity index (χ4v) is 3.26. The first-order valence-electron chi connectivity index (χ1n) is 6.11. The van der Waals surface area contributed by atoms with Crippen LogP contribution < -0.4 is 0 Å². The summed E-state index contributed by atoms with van der Waals surface area (Å²) in [5.41, 5.74) is 2.98. The van der Waals surface area contributed by atoms with Crippen LogP contribution in [0.1, 0.15) is 5.56 Å². The van der Waals surface area contributed by atoms with E-state index in [0.717, 1.165) is 21.9 Å². The summed E-state index contributed by atoms with van der Waals surface area (Å²) in [5.74, 6) is 0.901. The van der Waals surface area contributed by atoms with E-state index in [1.807, 2.05) is 6.07 Å². The van der Waals surface area contributed by atoms with Crippen molar-refractivity contribution in [3.05, 3.63) is 48.2 Å². The average molecular weight is 265 g/mol. The van der Waals surface area contributed by atoms with Crippen molar-refractivity contribution in [3.63, 3.8) is 0 Å². The smallest absolute Gasteiger partial charge is 0.178 e. The quantitative estimate of drug-likeness (QED) is 0.561. The Morgan fingerprint density at radius 1 is 1.16 bits per heavy atom. The monoisotopic (exact) mass is 265 g/mol. The molecule has 0 atom stereocenters. The predicted molar refractivity (Wildman–Crippen MR) is 79.4 cm³/mol. The van der Waals surface area contributed by atoms with Gasteiger partial charge in [-0.05, 0) is 36.1 Å². The van der Waals surface area contributed by atoms with Gasteiger partial charge in [0.1, 0.15) is 0 Å². The topological polar surface area (TPSA) is 41.6 Å². The van der Waals surface area contributed by atoms with Gasteiger partial charge in [0.25, 0.3) is 0 Å². The summed E-state index contributed by atoms with van der Waals surface area (Å²) >= 11 is 1.75. The van der Waals surface area contributed by atoms with Crippen LogP contribution in [0.25, 0.3) is 32.0 Å². The van der Waals surface area contributed by atoms with Gasteiger partial charge in [-0.25, -0.2) is 9.97 Å². The van der Waals surface area contributed by atoms with Crippen LogP contribution in [-0.4, -0.2) is 15.0 Å². The van der Waals surface area contributed by atoms with Crippen molar-refractivity contribution in [2.45, 2.75) is 6.92 Å². The number of imidazole rings is 1. The van der Waals surface area contributed by atoms with Gasteiger partial charge >= 0.3 is 0 Å². The van der Waals surface area contributed by atoms with E-state index in [0.29, 0.717) is 0 Å². The van der Waals surface area contributed by atoms with Gasteiger partial charge in [0.2, 0.25) is 0 Å². The van der Waals surface area contributed by atoms with E-state index in [9.17, 15) is 0 Å². The Hall–Kier alpha value is -2.20. The third-order valence-electron chi connectivity index (χ3n) is 3.26. The number of hydrogen-bond acceptors (Lipinski definition) is 3. The molecule has 19 heavy (non-hydrogen) atoms. The van der Waals surface area contributed by atoms with Crippen LogP contribution in [0.3, 0.4) is 0 Å². The molecule has 3 nitrogen and oxygen atoms in total. The Labute approximate surface area is 114 Å². The second-order valence-electron chi connectivity index (χ2n) is 4.56. The number of aromatic nitrogens is 3. The molecule has 0 aliphatic carbocycles. The summed E-state index contributed by atoms with van der Waals surface area (Å²) in [5, 5.41) is 1.26. The maximum atomic E-state index is 4.58. The second kappa shape index (κ2) is 3.90. The fraction of sp³-hybridized carbons (Fsp3) is 0.0667. The minimum absolute atomic E-state index is 0.785. The first kappa shape index (κ1) is 10.7. The number of nitrogens with zero attached hydrogens (tertiary/aromatic N) is 2. The molecule has 0 saturated carbocycles. The SMILES string of the molecule is Cc1ccnc2nc(-c3cc4ccccc4s3)[nH]c12. The van der Waals surface area contributed by atoms with Gasteiger partial charge < -0.3 is 4.98 Å². The van der Waals surface area contributed by atoms with Gasteiger partial charge in [-0.3, -0.25) is 0 Å². The molecule has 0 fully saturated rings. The summed E-state index contributed by atoms with van der Waals surface area (Å²) in [7, 11) is 0. The highest BCUT2D eigenvalue weighted by molar-refractivity contribution is 7.22. The third-order valence-corrected chi connectivity index (χ3v) is 4.38. The molecule has 92 valence electrons. The second-order valence-corrected chi connectivity index (χ2v) is 5.64. The van der Waals surface area contributed by atoms with Crippen LogP contribution >= 0.6 is 11.3 Å². The number of hydrogen-bond donors (Lipinski definition) is 1. The molecule has 0 spiro atoms. The number of thiophene rings is 1. The Bertz CT molecular complexity index is 856. The molecule has 4 rings (SSSR count). The lowest BCUT2D eigenvalue weighted by Gasteiger charge is -1.90. The predicted octanol–water partition coefficient (Wildman–Crippen LogP) is 4.15. The molecular weight excluding hydrogens is 254 g/mol. The number of aromatic amines is 1. The molecule has 0 bridgehead atoms. The molecule has 1 N–H and O–H groups in total. The molecule has 0 saturated heterocycles. The number of pyridine rings is 1. The summed E-state index contributed by atoms with van der Waals surface area (Å²) < 4.78 is 1.28. The first-order chi connectivity index (χ1) is 9.31. The van der Waals surface area contributed by atoms with Crippen molar-refractivity contribution in [3.8, 4) is 10.7 Å². The molecule has 0 amide bonds. The zero-order valence-corrected chi connectivity index (χ0v) is 11.2. The van der Waals surface area contributed by atoms with Gasteiger partial charge in [-0.1, -0.05) is 18.2 Å². The Balaban J connectivity index is 1.96. The number of H-pyrrole nitrogens is 1. The van der Waals surface area contributed by atoms with E-state index in [1.165, 1.54) is 15.6 Å². The van der Waals surface area contributed by atoms with Crippen LogP contribution in [-0.2, 0) is 0 Å². The summed E-state index contributed by atoms with van der Waals surface area (Å²) in [6.45, 7) is 2.07. The minimum atomic E-state index is 0.785. The number of nitrogens with one attached hydrogen (secondary N) is 1. The van der Waals surface area contributed by atoms with E-state index >= 15 is 0 Å². The number of rotatable bonds is 1.